The Labute approximate surface area is 141 Å². The summed E-state index contributed by atoms with van der Waals surface area (Å²) in [5.74, 6) is -0.793. The molecule has 7 heteroatoms. The number of hydrogen-bond acceptors (Lipinski definition) is 4. The molecule has 0 aromatic heterocycles. The summed E-state index contributed by atoms with van der Waals surface area (Å²) in [6.45, 7) is 3.33. The van der Waals surface area contributed by atoms with Crippen LogP contribution >= 0.6 is 0 Å². The first-order chi connectivity index (χ1) is 11.3. The Hall–Kier alpha value is -2.22. The highest BCUT2D eigenvalue weighted by Crippen LogP contribution is 2.19. The SMILES string of the molecule is Cc1ccc(S(=O)(=O)N(CC(=O)NO)Cc2cccc(C)c2)cc1. The number of benzene rings is 2. The van der Waals surface area contributed by atoms with Crippen LogP contribution in [0.15, 0.2) is 53.4 Å². The van der Waals surface area contributed by atoms with E-state index in [0.29, 0.717) is 0 Å². The van der Waals surface area contributed by atoms with Crippen LogP contribution in [0.5, 0.6) is 0 Å². The number of carbonyl (C=O) groups is 1. The van der Waals surface area contributed by atoms with Crippen LogP contribution < -0.4 is 5.48 Å². The van der Waals surface area contributed by atoms with Crippen LogP contribution in [0.4, 0.5) is 0 Å². The van der Waals surface area contributed by atoms with Crippen LogP contribution in [0.25, 0.3) is 0 Å². The molecule has 2 aromatic rings. The third-order valence-electron chi connectivity index (χ3n) is 3.54. The molecular formula is C17H20N2O4S. The van der Waals surface area contributed by atoms with Crippen LogP contribution in [0.3, 0.4) is 0 Å². The number of nitrogens with zero attached hydrogens (tertiary/aromatic N) is 1. The predicted molar refractivity (Wildman–Crippen MR) is 89.9 cm³/mol. The molecule has 0 aliphatic heterocycles. The quantitative estimate of drug-likeness (QED) is 0.617. The van der Waals surface area contributed by atoms with Gasteiger partial charge in [-0.3, -0.25) is 10.0 Å². The van der Waals surface area contributed by atoms with Gasteiger partial charge in [-0.2, -0.15) is 4.31 Å². The van der Waals surface area contributed by atoms with Gasteiger partial charge in [-0.1, -0.05) is 47.5 Å². The predicted octanol–water partition coefficient (Wildman–Crippen LogP) is 2.00. The minimum Gasteiger partial charge on any atom is -0.289 e. The molecule has 2 rings (SSSR count). The molecule has 0 unspecified atom stereocenters. The zero-order chi connectivity index (χ0) is 17.7. The summed E-state index contributed by atoms with van der Waals surface area (Å²) >= 11 is 0. The van der Waals surface area contributed by atoms with Gasteiger partial charge in [0.15, 0.2) is 0 Å². The largest absolute Gasteiger partial charge is 0.289 e. The van der Waals surface area contributed by atoms with Crippen molar-refractivity contribution < 1.29 is 18.4 Å². The first kappa shape index (κ1) is 18.1. The van der Waals surface area contributed by atoms with E-state index in [9.17, 15) is 13.2 Å². The minimum absolute atomic E-state index is 0.0330. The molecule has 0 heterocycles. The maximum Gasteiger partial charge on any atom is 0.258 e. The van der Waals surface area contributed by atoms with E-state index < -0.39 is 22.5 Å². The molecule has 2 aromatic carbocycles. The van der Waals surface area contributed by atoms with Crippen molar-refractivity contribution in [2.45, 2.75) is 25.3 Å². The maximum absolute atomic E-state index is 12.8. The molecule has 24 heavy (non-hydrogen) atoms. The van der Waals surface area contributed by atoms with E-state index in [4.69, 9.17) is 5.21 Å². The molecular weight excluding hydrogens is 328 g/mol. The first-order valence-corrected chi connectivity index (χ1v) is 8.82. The molecule has 0 aliphatic carbocycles. The van der Waals surface area contributed by atoms with Crippen LogP contribution in [0, 0.1) is 13.8 Å². The standard InChI is InChI=1S/C17H20N2O4S/c1-13-6-8-16(9-7-13)24(22,23)19(12-17(20)18-21)11-15-5-3-4-14(2)10-15/h3-10,21H,11-12H2,1-2H3,(H,18,20). The zero-order valence-corrected chi connectivity index (χ0v) is 14.4. The Morgan fingerprint density at radius 2 is 1.75 bits per heavy atom. The molecule has 128 valence electrons. The number of aryl methyl sites for hydroxylation is 2. The topological polar surface area (TPSA) is 86.7 Å². The van der Waals surface area contributed by atoms with Gasteiger partial charge in [-0.15, -0.1) is 0 Å². The highest BCUT2D eigenvalue weighted by Gasteiger charge is 2.26. The molecule has 6 nitrogen and oxygen atoms in total. The number of nitrogens with one attached hydrogen (secondary N) is 1. The van der Waals surface area contributed by atoms with Crippen molar-refractivity contribution in [2.75, 3.05) is 6.54 Å². The average Bonchev–Trinajstić information content (AvgIpc) is 2.54. The zero-order valence-electron chi connectivity index (χ0n) is 13.6. The van der Waals surface area contributed by atoms with Gasteiger partial charge in [0, 0.05) is 6.54 Å². The molecule has 0 atom stereocenters. The van der Waals surface area contributed by atoms with Crippen molar-refractivity contribution in [1.82, 2.24) is 9.79 Å². The fourth-order valence-electron chi connectivity index (χ4n) is 2.29. The summed E-state index contributed by atoms with van der Waals surface area (Å²) in [6.07, 6.45) is 0. The van der Waals surface area contributed by atoms with E-state index in [2.05, 4.69) is 0 Å². The smallest absolute Gasteiger partial charge is 0.258 e. The maximum atomic E-state index is 12.8. The summed E-state index contributed by atoms with van der Waals surface area (Å²) in [6, 6.07) is 13.8. The average molecular weight is 348 g/mol. The summed E-state index contributed by atoms with van der Waals surface area (Å²) in [7, 11) is -3.87. The van der Waals surface area contributed by atoms with Crippen LogP contribution in [0.1, 0.15) is 16.7 Å². The minimum atomic E-state index is -3.87. The molecule has 1 amide bonds. The number of sulfonamides is 1. The fraction of sp³-hybridized carbons (Fsp3) is 0.235. The lowest BCUT2D eigenvalue weighted by Crippen LogP contribution is -2.39. The number of rotatable bonds is 6. The Morgan fingerprint density at radius 3 is 2.33 bits per heavy atom. The van der Waals surface area contributed by atoms with Crippen molar-refractivity contribution in [3.63, 3.8) is 0 Å². The van der Waals surface area contributed by atoms with Crippen LogP contribution in [0.2, 0.25) is 0 Å². The van der Waals surface area contributed by atoms with Gasteiger partial charge in [0.25, 0.3) is 5.91 Å². The van der Waals surface area contributed by atoms with Gasteiger partial charge in [-0.05, 0) is 31.5 Å². The Bertz CT molecular complexity index is 817. The summed E-state index contributed by atoms with van der Waals surface area (Å²) in [5.41, 5.74) is 4.17. The van der Waals surface area contributed by atoms with Crippen molar-refractivity contribution in [3.05, 3.63) is 65.2 Å². The number of hydrogen-bond donors (Lipinski definition) is 2. The van der Waals surface area contributed by atoms with Gasteiger partial charge in [0.05, 0.1) is 11.4 Å². The van der Waals surface area contributed by atoms with Gasteiger partial charge < -0.3 is 0 Å². The number of carbonyl (C=O) groups excluding carboxylic acids is 1. The molecule has 0 spiro atoms. The molecule has 0 radical (unpaired) electrons. The number of amides is 1. The lowest BCUT2D eigenvalue weighted by atomic mass is 10.1. The van der Waals surface area contributed by atoms with E-state index in [-0.39, 0.29) is 11.4 Å². The van der Waals surface area contributed by atoms with Crippen LogP contribution in [-0.2, 0) is 21.4 Å². The van der Waals surface area contributed by atoms with Gasteiger partial charge in [0.2, 0.25) is 10.0 Å². The van der Waals surface area contributed by atoms with E-state index in [0.717, 1.165) is 21.0 Å². The normalized spacial score (nSPS) is 11.5. The lowest BCUT2D eigenvalue weighted by Gasteiger charge is -2.21. The molecule has 0 saturated carbocycles. The molecule has 0 saturated heterocycles. The molecule has 0 fully saturated rings. The van der Waals surface area contributed by atoms with Crippen molar-refractivity contribution in [2.24, 2.45) is 0 Å². The second-order valence-corrected chi connectivity index (χ2v) is 7.55. The monoisotopic (exact) mass is 348 g/mol. The highest BCUT2D eigenvalue weighted by molar-refractivity contribution is 7.89. The Kier molecular flexibility index (Phi) is 5.71. The molecule has 2 N–H and O–H groups in total. The van der Waals surface area contributed by atoms with E-state index in [1.807, 2.05) is 32.0 Å². The van der Waals surface area contributed by atoms with Gasteiger partial charge >= 0.3 is 0 Å². The van der Waals surface area contributed by atoms with E-state index >= 15 is 0 Å². The lowest BCUT2D eigenvalue weighted by molar-refractivity contribution is -0.129. The first-order valence-electron chi connectivity index (χ1n) is 7.38. The van der Waals surface area contributed by atoms with Gasteiger partial charge in [0.1, 0.15) is 0 Å². The second kappa shape index (κ2) is 7.57. The van der Waals surface area contributed by atoms with Crippen LogP contribution in [-0.4, -0.2) is 30.4 Å². The molecule has 0 bridgehead atoms. The Morgan fingerprint density at radius 1 is 1.08 bits per heavy atom. The van der Waals surface area contributed by atoms with E-state index in [1.165, 1.54) is 17.6 Å². The third kappa shape index (κ3) is 4.41. The fourth-order valence-corrected chi connectivity index (χ4v) is 3.68. The Balaban J connectivity index is 2.37. The third-order valence-corrected chi connectivity index (χ3v) is 5.35. The summed E-state index contributed by atoms with van der Waals surface area (Å²) in [5, 5.41) is 8.75. The number of hydroxylamine groups is 1. The van der Waals surface area contributed by atoms with Crippen molar-refractivity contribution >= 4 is 15.9 Å². The van der Waals surface area contributed by atoms with Crippen molar-refractivity contribution in [1.29, 1.82) is 0 Å². The highest BCUT2D eigenvalue weighted by atomic mass is 32.2. The molecule has 0 aliphatic rings. The summed E-state index contributed by atoms with van der Waals surface area (Å²) in [4.78, 5) is 11.6. The summed E-state index contributed by atoms with van der Waals surface area (Å²) < 4.78 is 26.7. The van der Waals surface area contributed by atoms with E-state index in [1.54, 1.807) is 18.2 Å². The van der Waals surface area contributed by atoms with Crippen molar-refractivity contribution in [3.8, 4) is 0 Å². The second-order valence-electron chi connectivity index (χ2n) is 5.61. The van der Waals surface area contributed by atoms with Gasteiger partial charge in [-0.25, -0.2) is 13.9 Å².